The van der Waals surface area contributed by atoms with E-state index < -0.39 is 0 Å². The fourth-order valence-electron chi connectivity index (χ4n) is 0.787. The molecule has 0 radical (unpaired) electrons. The van der Waals surface area contributed by atoms with Crippen LogP contribution in [0.1, 0.15) is 5.56 Å². The number of aryl methyl sites for hydroxylation is 1. The Morgan fingerprint density at radius 2 is 1.90 bits per heavy atom. The van der Waals surface area contributed by atoms with Gasteiger partial charge in [0.1, 0.15) is 0 Å². The largest absolute Gasteiger partial charge is 0.504 e. The van der Waals surface area contributed by atoms with Gasteiger partial charge in [0, 0.05) is 0 Å². The summed E-state index contributed by atoms with van der Waals surface area (Å²) >= 11 is 0. The van der Waals surface area contributed by atoms with Crippen LogP contribution in [0.2, 0.25) is 0 Å². The zero-order chi connectivity index (χ0) is 7.72. The topological polar surface area (TPSA) is 66.5 Å². The maximum atomic E-state index is 8.96. The second-order valence-electron chi connectivity index (χ2n) is 2.22. The lowest BCUT2D eigenvalue weighted by atomic mass is 10.2. The van der Waals surface area contributed by atoms with Crippen LogP contribution in [-0.2, 0) is 0 Å². The Labute approximate surface area is 58.7 Å². The van der Waals surface area contributed by atoms with Gasteiger partial charge in [-0.1, -0.05) is 0 Å². The first-order valence-electron chi connectivity index (χ1n) is 2.89. The highest BCUT2D eigenvalue weighted by Gasteiger charge is 2.02. The van der Waals surface area contributed by atoms with E-state index in [2.05, 4.69) is 0 Å². The monoisotopic (exact) mass is 139 g/mol. The van der Waals surface area contributed by atoms with Crippen LogP contribution in [0.15, 0.2) is 12.1 Å². The van der Waals surface area contributed by atoms with Crippen LogP contribution in [0.5, 0.6) is 11.5 Å². The molecule has 0 aliphatic heterocycles. The summed E-state index contributed by atoms with van der Waals surface area (Å²) in [5.74, 6) is -0.414. The maximum Gasteiger partial charge on any atom is 0.180 e. The van der Waals surface area contributed by atoms with Crippen molar-refractivity contribution in [1.82, 2.24) is 0 Å². The number of phenolic OH excluding ortho intramolecular Hbond substituents is 2. The van der Waals surface area contributed by atoms with E-state index >= 15 is 0 Å². The third-order valence-corrected chi connectivity index (χ3v) is 1.26. The van der Waals surface area contributed by atoms with Crippen LogP contribution in [-0.4, -0.2) is 10.2 Å². The van der Waals surface area contributed by atoms with Crippen LogP contribution in [0.3, 0.4) is 0 Å². The number of nitrogens with two attached hydrogens (primary N) is 1. The van der Waals surface area contributed by atoms with Crippen molar-refractivity contribution in [2.24, 2.45) is 0 Å². The number of hydrogen-bond acceptors (Lipinski definition) is 3. The predicted octanol–water partition coefficient (Wildman–Crippen LogP) is 0.988. The zero-order valence-electron chi connectivity index (χ0n) is 5.63. The van der Waals surface area contributed by atoms with Crippen molar-refractivity contribution in [3.63, 3.8) is 0 Å². The molecule has 10 heavy (non-hydrogen) atoms. The predicted molar refractivity (Wildman–Crippen MR) is 38.9 cm³/mol. The van der Waals surface area contributed by atoms with Crippen molar-refractivity contribution in [3.8, 4) is 11.5 Å². The van der Waals surface area contributed by atoms with Gasteiger partial charge in [-0.25, -0.2) is 0 Å². The molecule has 0 amide bonds. The van der Waals surface area contributed by atoms with Crippen molar-refractivity contribution in [2.75, 3.05) is 5.73 Å². The van der Waals surface area contributed by atoms with E-state index in [1.165, 1.54) is 6.07 Å². The first-order valence-corrected chi connectivity index (χ1v) is 2.89. The molecule has 0 atom stereocenters. The highest BCUT2D eigenvalue weighted by atomic mass is 16.3. The normalized spacial score (nSPS) is 9.70. The molecule has 4 N–H and O–H groups in total. The van der Waals surface area contributed by atoms with Gasteiger partial charge in [0.15, 0.2) is 11.5 Å². The molecule has 0 saturated heterocycles. The fourth-order valence-corrected chi connectivity index (χ4v) is 0.787. The van der Waals surface area contributed by atoms with Crippen molar-refractivity contribution < 1.29 is 10.2 Å². The molecule has 1 aromatic rings. The van der Waals surface area contributed by atoms with Gasteiger partial charge in [-0.05, 0) is 24.6 Å². The average molecular weight is 139 g/mol. The molecule has 1 aromatic carbocycles. The van der Waals surface area contributed by atoms with Crippen molar-refractivity contribution in [1.29, 1.82) is 0 Å². The molecular formula is C7H9NO2. The Morgan fingerprint density at radius 1 is 1.30 bits per heavy atom. The van der Waals surface area contributed by atoms with E-state index in [0.29, 0.717) is 0 Å². The third kappa shape index (κ3) is 0.978. The number of nitrogen functional groups attached to an aromatic ring is 1. The molecule has 3 nitrogen and oxygen atoms in total. The van der Waals surface area contributed by atoms with E-state index in [0.717, 1.165) is 5.56 Å². The molecule has 0 spiro atoms. The van der Waals surface area contributed by atoms with Gasteiger partial charge in [0.2, 0.25) is 0 Å². The minimum absolute atomic E-state index is 0.169. The van der Waals surface area contributed by atoms with Crippen molar-refractivity contribution in [3.05, 3.63) is 17.7 Å². The maximum absolute atomic E-state index is 8.96. The SMILES string of the molecule is Cc1cc(N)c(O)c(O)c1. The number of phenols is 2. The van der Waals surface area contributed by atoms with Gasteiger partial charge in [0.05, 0.1) is 5.69 Å². The quantitative estimate of drug-likeness (QED) is 0.371. The molecule has 0 fully saturated rings. The summed E-state index contributed by atoms with van der Waals surface area (Å²) in [4.78, 5) is 0. The van der Waals surface area contributed by atoms with E-state index in [-0.39, 0.29) is 17.2 Å². The van der Waals surface area contributed by atoms with Crippen LogP contribution >= 0.6 is 0 Å². The highest BCUT2D eigenvalue weighted by molar-refractivity contribution is 5.60. The second-order valence-corrected chi connectivity index (χ2v) is 2.22. The summed E-state index contributed by atoms with van der Waals surface area (Å²) in [6.07, 6.45) is 0. The molecular weight excluding hydrogens is 130 g/mol. The first kappa shape index (κ1) is 6.74. The average Bonchev–Trinajstić information content (AvgIpc) is 1.82. The van der Waals surface area contributed by atoms with Gasteiger partial charge in [-0.2, -0.15) is 0 Å². The van der Waals surface area contributed by atoms with Crippen LogP contribution < -0.4 is 5.73 Å². The fraction of sp³-hybridized carbons (Fsp3) is 0.143. The lowest BCUT2D eigenvalue weighted by Crippen LogP contribution is -1.86. The smallest absolute Gasteiger partial charge is 0.180 e. The van der Waals surface area contributed by atoms with Gasteiger partial charge < -0.3 is 15.9 Å². The highest BCUT2D eigenvalue weighted by Crippen LogP contribution is 2.31. The molecule has 0 aliphatic rings. The van der Waals surface area contributed by atoms with Crippen molar-refractivity contribution in [2.45, 2.75) is 6.92 Å². The lowest BCUT2D eigenvalue weighted by molar-refractivity contribution is 0.405. The van der Waals surface area contributed by atoms with Crippen LogP contribution in [0.4, 0.5) is 5.69 Å². The molecule has 0 aromatic heterocycles. The molecule has 0 bridgehead atoms. The number of rotatable bonds is 0. The molecule has 0 saturated carbocycles. The number of anilines is 1. The summed E-state index contributed by atoms with van der Waals surface area (Å²) < 4.78 is 0. The number of benzene rings is 1. The molecule has 54 valence electrons. The summed E-state index contributed by atoms with van der Waals surface area (Å²) in [5, 5.41) is 17.9. The Bertz CT molecular complexity index is 235. The van der Waals surface area contributed by atoms with E-state index in [4.69, 9.17) is 15.9 Å². The molecule has 1 rings (SSSR count). The molecule has 3 heteroatoms. The number of aromatic hydroxyl groups is 2. The minimum atomic E-state index is -0.245. The Balaban J connectivity index is 3.31. The number of hydrogen-bond donors (Lipinski definition) is 3. The molecule has 0 aliphatic carbocycles. The Kier molecular flexibility index (Phi) is 1.41. The van der Waals surface area contributed by atoms with E-state index in [1.807, 2.05) is 0 Å². The summed E-state index contributed by atoms with van der Waals surface area (Å²) in [7, 11) is 0. The Hall–Kier alpha value is -1.38. The first-order chi connectivity index (χ1) is 4.61. The van der Waals surface area contributed by atoms with Gasteiger partial charge in [-0.15, -0.1) is 0 Å². The van der Waals surface area contributed by atoms with Gasteiger partial charge >= 0.3 is 0 Å². The van der Waals surface area contributed by atoms with Crippen LogP contribution in [0.25, 0.3) is 0 Å². The summed E-state index contributed by atoms with van der Waals surface area (Å²) in [6.45, 7) is 1.79. The van der Waals surface area contributed by atoms with Gasteiger partial charge in [0.25, 0.3) is 0 Å². The van der Waals surface area contributed by atoms with Gasteiger partial charge in [-0.3, -0.25) is 0 Å². The second kappa shape index (κ2) is 2.10. The summed E-state index contributed by atoms with van der Waals surface area (Å²) in [6, 6.07) is 3.04. The van der Waals surface area contributed by atoms with Crippen molar-refractivity contribution >= 4 is 5.69 Å². The summed E-state index contributed by atoms with van der Waals surface area (Å²) in [5.41, 5.74) is 6.34. The Morgan fingerprint density at radius 3 is 2.40 bits per heavy atom. The molecule has 0 unspecified atom stereocenters. The lowest BCUT2D eigenvalue weighted by Gasteiger charge is -2.01. The van der Waals surface area contributed by atoms with E-state index in [1.54, 1.807) is 13.0 Å². The standard InChI is InChI=1S/C7H9NO2/c1-4-2-5(8)7(10)6(9)3-4/h2-3,9-10H,8H2,1H3. The third-order valence-electron chi connectivity index (χ3n) is 1.26. The van der Waals surface area contributed by atoms with E-state index in [9.17, 15) is 0 Å². The minimum Gasteiger partial charge on any atom is -0.504 e. The molecule has 0 heterocycles. The van der Waals surface area contributed by atoms with Crippen LogP contribution in [0, 0.1) is 6.92 Å². The zero-order valence-corrected chi connectivity index (χ0v) is 5.63.